The number of hydrogen-bond acceptors (Lipinski definition) is 5. The summed E-state index contributed by atoms with van der Waals surface area (Å²) in [5.41, 5.74) is -0.589. The molecule has 1 rings (SSSR count). The molecule has 1 aliphatic rings. The van der Waals surface area contributed by atoms with E-state index in [9.17, 15) is 9.59 Å². The standard InChI is InChI=1S/C14H26N2O4/c1-9-6-10(8-15-9)7-11(12(17)19-5)16-13(18)20-14(2,3)4/h9-11,15H,6-8H2,1-5H3,(H,16,18)/t9-,10+,11+/m1/s1. The molecule has 116 valence electrons. The van der Waals surface area contributed by atoms with E-state index in [1.807, 2.05) is 0 Å². The molecule has 0 radical (unpaired) electrons. The summed E-state index contributed by atoms with van der Waals surface area (Å²) >= 11 is 0. The number of amides is 1. The van der Waals surface area contributed by atoms with Crippen molar-refractivity contribution in [3.8, 4) is 0 Å². The average molecular weight is 286 g/mol. The highest BCUT2D eigenvalue weighted by atomic mass is 16.6. The molecule has 0 bridgehead atoms. The zero-order chi connectivity index (χ0) is 15.3. The van der Waals surface area contributed by atoms with Crippen LogP contribution in [-0.4, -0.2) is 43.4 Å². The van der Waals surface area contributed by atoms with Crippen LogP contribution >= 0.6 is 0 Å². The highest BCUT2D eigenvalue weighted by Gasteiger charge is 2.30. The van der Waals surface area contributed by atoms with Gasteiger partial charge >= 0.3 is 12.1 Å². The van der Waals surface area contributed by atoms with E-state index >= 15 is 0 Å². The normalized spacial score (nSPS) is 24.1. The first-order valence-electron chi connectivity index (χ1n) is 7.02. The molecule has 0 spiro atoms. The molecule has 1 aliphatic heterocycles. The maximum atomic E-state index is 11.8. The molecule has 0 aromatic carbocycles. The third-order valence-electron chi connectivity index (χ3n) is 3.19. The fourth-order valence-electron chi connectivity index (χ4n) is 2.35. The number of carbonyl (C=O) groups excluding carboxylic acids is 2. The molecule has 0 saturated carbocycles. The van der Waals surface area contributed by atoms with Crippen molar-refractivity contribution < 1.29 is 19.1 Å². The molecule has 6 nitrogen and oxygen atoms in total. The van der Waals surface area contributed by atoms with E-state index in [4.69, 9.17) is 9.47 Å². The van der Waals surface area contributed by atoms with Crippen LogP contribution in [0.15, 0.2) is 0 Å². The van der Waals surface area contributed by atoms with Crippen molar-refractivity contribution in [2.24, 2.45) is 5.92 Å². The first-order valence-corrected chi connectivity index (χ1v) is 7.02. The molecule has 0 aliphatic carbocycles. The van der Waals surface area contributed by atoms with Gasteiger partial charge < -0.3 is 20.1 Å². The van der Waals surface area contributed by atoms with Gasteiger partial charge in [0, 0.05) is 6.04 Å². The summed E-state index contributed by atoms with van der Waals surface area (Å²) in [5, 5.41) is 5.93. The number of alkyl carbamates (subject to hydrolysis) is 1. The first kappa shape index (κ1) is 16.8. The lowest BCUT2D eigenvalue weighted by Gasteiger charge is -2.23. The van der Waals surface area contributed by atoms with Gasteiger partial charge in [-0.2, -0.15) is 0 Å². The van der Waals surface area contributed by atoms with Crippen LogP contribution in [0.3, 0.4) is 0 Å². The van der Waals surface area contributed by atoms with E-state index in [2.05, 4.69) is 17.6 Å². The van der Waals surface area contributed by atoms with Gasteiger partial charge in [0.2, 0.25) is 0 Å². The average Bonchev–Trinajstić information content (AvgIpc) is 2.70. The third kappa shape index (κ3) is 5.77. The van der Waals surface area contributed by atoms with Gasteiger partial charge in [-0.25, -0.2) is 9.59 Å². The Hall–Kier alpha value is -1.30. The van der Waals surface area contributed by atoms with Crippen LogP contribution in [0.4, 0.5) is 4.79 Å². The van der Waals surface area contributed by atoms with Crippen LogP contribution in [-0.2, 0) is 14.3 Å². The topological polar surface area (TPSA) is 76.7 Å². The Kier molecular flexibility index (Phi) is 5.80. The van der Waals surface area contributed by atoms with Crippen LogP contribution < -0.4 is 10.6 Å². The summed E-state index contributed by atoms with van der Waals surface area (Å²) in [6.07, 6.45) is 0.958. The minimum Gasteiger partial charge on any atom is -0.467 e. The van der Waals surface area contributed by atoms with Crippen LogP contribution in [0.25, 0.3) is 0 Å². The van der Waals surface area contributed by atoms with Crippen molar-refractivity contribution in [1.82, 2.24) is 10.6 Å². The molecule has 1 fully saturated rings. The maximum Gasteiger partial charge on any atom is 0.408 e. The summed E-state index contributed by atoms with van der Waals surface area (Å²) in [5.74, 6) is -0.0838. The third-order valence-corrected chi connectivity index (χ3v) is 3.19. The molecular formula is C14H26N2O4. The molecule has 1 saturated heterocycles. The molecule has 3 atom stereocenters. The molecule has 1 amide bonds. The lowest BCUT2D eigenvalue weighted by molar-refractivity contribution is -0.143. The second-order valence-electron chi connectivity index (χ2n) is 6.37. The minimum absolute atomic E-state index is 0.351. The Morgan fingerprint density at radius 1 is 1.40 bits per heavy atom. The molecule has 0 aromatic rings. The Morgan fingerprint density at radius 3 is 2.50 bits per heavy atom. The molecule has 6 heteroatoms. The van der Waals surface area contributed by atoms with Crippen molar-refractivity contribution in [3.05, 3.63) is 0 Å². The van der Waals surface area contributed by atoms with Crippen LogP contribution in [0, 0.1) is 5.92 Å². The van der Waals surface area contributed by atoms with E-state index < -0.39 is 23.7 Å². The number of ether oxygens (including phenoxy) is 2. The van der Waals surface area contributed by atoms with Gasteiger partial charge in [-0.15, -0.1) is 0 Å². The predicted octanol–water partition coefficient (Wildman–Crippen LogP) is 1.44. The molecule has 0 unspecified atom stereocenters. The molecule has 0 aromatic heterocycles. The van der Waals surface area contributed by atoms with Gasteiger partial charge in [0.1, 0.15) is 11.6 Å². The zero-order valence-corrected chi connectivity index (χ0v) is 13.0. The van der Waals surface area contributed by atoms with Crippen LogP contribution in [0.1, 0.15) is 40.5 Å². The number of hydrogen-bond donors (Lipinski definition) is 2. The Balaban J connectivity index is 2.56. The second kappa shape index (κ2) is 6.92. The monoisotopic (exact) mass is 286 g/mol. The summed E-state index contributed by atoms with van der Waals surface area (Å²) in [6, 6.07) is -0.216. The summed E-state index contributed by atoms with van der Waals surface area (Å²) < 4.78 is 9.93. The van der Waals surface area contributed by atoms with Crippen LogP contribution in [0.5, 0.6) is 0 Å². The van der Waals surface area contributed by atoms with Gasteiger partial charge in [-0.3, -0.25) is 0 Å². The number of rotatable bonds is 4. The van der Waals surface area contributed by atoms with Gasteiger partial charge in [0.15, 0.2) is 0 Å². The highest BCUT2D eigenvalue weighted by molar-refractivity contribution is 5.81. The fraction of sp³-hybridized carbons (Fsp3) is 0.857. The Bertz CT molecular complexity index is 352. The number of nitrogens with one attached hydrogen (secondary N) is 2. The molecule has 1 heterocycles. The van der Waals surface area contributed by atoms with Crippen LogP contribution in [0.2, 0.25) is 0 Å². The summed E-state index contributed by atoms with van der Waals surface area (Å²) in [7, 11) is 1.32. The molecule has 2 N–H and O–H groups in total. The lowest BCUT2D eigenvalue weighted by atomic mass is 9.97. The van der Waals surface area contributed by atoms with Crippen molar-refractivity contribution in [1.29, 1.82) is 0 Å². The molecule has 20 heavy (non-hydrogen) atoms. The van der Waals surface area contributed by atoms with Crippen molar-refractivity contribution in [3.63, 3.8) is 0 Å². The van der Waals surface area contributed by atoms with Gasteiger partial charge in [-0.1, -0.05) is 0 Å². The van der Waals surface area contributed by atoms with E-state index in [1.54, 1.807) is 20.8 Å². The van der Waals surface area contributed by atoms with Gasteiger partial charge in [0.25, 0.3) is 0 Å². The summed E-state index contributed by atoms with van der Waals surface area (Å²) in [4.78, 5) is 23.5. The zero-order valence-electron chi connectivity index (χ0n) is 13.0. The van der Waals surface area contributed by atoms with E-state index in [0.29, 0.717) is 18.4 Å². The van der Waals surface area contributed by atoms with Gasteiger partial charge in [-0.05, 0) is 53.0 Å². The minimum atomic E-state index is -0.660. The number of esters is 1. The highest BCUT2D eigenvalue weighted by Crippen LogP contribution is 2.19. The van der Waals surface area contributed by atoms with Crippen molar-refractivity contribution in [2.45, 2.75) is 58.2 Å². The Labute approximate surface area is 120 Å². The summed E-state index contributed by atoms with van der Waals surface area (Å²) in [6.45, 7) is 8.30. The molecular weight excluding hydrogens is 260 g/mol. The SMILES string of the molecule is COC(=O)[C@H](C[C@H]1CN[C@H](C)C1)NC(=O)OC(C)(C)C. The lowest BCUT2D eigenvalue weighted by Crippen LogP contribution is -2.45. The quantitative estimate of drug-likeness (QED) is 0.765. The Morgan fingerprint density at radius 2 is 2.05 bits per heavy atom. The van der Waals surface area contributed by atoms with E-state index in [-0.39, 0.29) is 0 Å². The largest absolute Gasteiger partial charge is 0.467 e. The maximum absolute atomic E-state index is 11.8. The fourth-order valence-corrected chi connectivity index (χ4v) is 2.35. The first-order chi connectivity index (χ1) is 9.21. The predicted molar refractivity (Wildman–Crippen MR) is 75.4 cm³/mol. The van der Waals surface area contributed by atoms with E-state index in [0.717, 1.165) is 13.0 Å². The smallest absolute Gasteiger partial charge is 0.408 e. The van der Waals surface area contributed by atoms with Crippen molar-refractivity contribution >= 4 is 12.1 Å². The number of methoxy groups -OCH3 is 1. The van der Waals surface area contributed by atoms with E-state index in [1.165, 1.54) is 7.11 Å². The number of carbonyl (C=O) groups is 2. The van der Waals surface area contributed by atoms with Crippen molar-refractivity contribution in [2.75, 3.05) is 13.7 Å². The second-order valence-corrected chi connectivity index (χ2v) is 6.37. The van der Waals surface area contributed by atoms with Gasteiger partial charge in [0.05, 0.1) is 7.11 Å².